The second kappa shape index (κ2) is 9.75. The van der Waals surface area contributed by atoms with Crippen molar-refractivity contribution in [3.05, 3.63) is 94.1 Å². The van der Waals surface area contributed by atoms with Gasteiger partial charge in [0.25, 0.3) is 0 Å². The second-order valence-electron chi connectivity index (χ2n) is 7.66. The van der Waals surface area contributed by atoms with E-state index >= 15 is 0 Å². The number of likely N-dealkylation sites (N-methyl/N-ethyl adjacent to an activating group) is 1. The summed E-state index contributed by atoms with van der Waals surface area (Å²) in [5, 5.41) is 3.26. The lowest BCUT2D eigenvalue weighted by atomic mass is 9.96. The highest BCUT2D eigenvalue weighted by Crippen LogP contribution is 2.17. The first-order valence-electron chi connectivity index (χ1n) is 10.4. The molecule has 4 rings (SSSR count). The van der Waals surface area contributed by atoms with Crippen LogP contribution in [0.1, 0.15) is 27.0 Å². The van der Waals surface area contributed by atoms with E-state index in [1.807, 2.05) is 55.6 Å². The normalized spacial score (nSPS) is 13.1. The summed E-state index contributed by atoms with van der Waals surface area (Å²) < 4.78 is 0. The predicted octanol–water partition coefficient (Wildman–Crippen LogP) is 4.03. The Bertz CT molecular complexity index is 1160. The van der Waals surface area contributed by atoms with Crippen LogP contribution in [0.5, 0.6) is 0 Å². The number of pyridine rings is 1. The van der Waals surface area contributed by atoms with Crippen molar-refractivity contribution in [3.8, 4) is 0 Å². The minimum atomic E-state index is -0.203. The van der Waals surface area contributed by atoms with Gasteiger partial charge in [-0.25, -0.2) is 4.98 Å². The first-order valence-corrected chi connectivity index (χ1v) is 10.7. The summed E-state index contributed by atoms with van der Waals surface area (Å²) in [5.41, 5.74) is 3.29. The average molecular weight is 447 g/mol. The Balaban J connectivity index is 1.42. The summed E-state index contributed by atoms with van der Waals surface area (Å²) in [7, 11) is 2.01. The van der Waals surface area contributed by atoms with E-state index in [0.717, 1.165) is 35.6 Å². The molecule has 2 aromatic carbocycles. The number of anilines is 1. The fourth-order valence-electron chi connectivity index (χ4n) is 3.64. The van der Waals surface area contributed by atoms with Gasteiger partial charge in [0.15, 0.2) is 5.78 Å². The topological polar surface area (TPSA) is 74.7 Å². The monoisotopic (exact) mass is 446 g/mol. The highest BCUT2D eigenvalue weighted by molar-refractivity contribution is 6.30. The number of aromatic nitrogens is 1. The van der Waals surface area contributed by atoms with Crippen molar-refractivity contribution in [3.63, 3.8) is 0 Å². The molecule has 0 spiro atoms. The maximum Gasteiger partial charge on any atom is 0.229 e. The Kier molecular flexibility index (Phi) is 6.61. The van der Waals surface area contributed by atoms with E-state index in [4.69, 9.17) is 11.6 Å². The maximum absolute atomic E-state index is 12.9. The molecule has 0 saturated heterocycles. The molecule has 0 bridgehead atoms. The summed E-state index contributed by atoms with van der Waals surface area (Å²) >= 11 is 5.83. The van der Waals surface area contributed by atoms with Gasteiger partial charge in [0, 0.05) is 37.3 Å². The van der Waals surface area contributed by atoms with Crippen LogP contribution in [0.2, 0.25) is 5.02 Å². The van der Waals surface area contributed by atoms with E-state index in [9.17, 15) is 9.59 Å². The smallest absolute Gasteiger partial charge is 0.229 e. The Morgan fingerprint density at radius 3 is 2.34 bits per heavy atom. The number of carbonyl (C=O) groups excluding carboxylic acids is 2. The number of amidine groups is 1. The molecule has 0 atom stereocenters. The number of Topliss-reactive ketones (excluding diaryl/α,β-unsaturated/α-hetero) is 1. The zero-order valence-corrected chi connectivity index (χ0v) is 18.5. The van der Waals surface area contributed by atoms with Crippen LogP contribution < -0.4 is 5.32 Å². The highest BCUT2D eigenvalue weighted by atomic mass is 35.5. The molecule has 3 aromatic rings. The van der Waals surface area contributed by atoms with Crippen molar-refractivity contribution in [2.75, 3.05) is 25.5 Å². The average Bonchev–Trinajstić information content (AvgIpc) is 3.22. The van der Waals surface area contributed by atoms with Crippen LogP contribution in [0.4, 0.5) is 5.82 Å². The lowest BCUT2D eigenvalue weighted by Crippen LogP contribution is -2.23. The Hall–Kier alpha value is -3.51. The van der Waals surface area contributed by atoms with Crippen LogP contribution in [-0.2, 0) is 17.6 Å². The van der Waals surface area contributed by atoms with Gasteiger partial charge in [-0.2, -0.15) is 0 Å². The molecule has 0 fully saturated rings. The first kappa shape index (κ1) is 21.7. The van der Waals surface area contributed by atoms with E-state index < -0.39 is 0 Å². The van der Waals surface area contributed by atoms with E-state index in [-0.39, 0.29) is 24.5 Å². The van der Waals surface area contributed by atoms with Crippen molar-refractivity contribution in [1.82, 2.24) is 9.88 Å². The summed E-state index contributed by atoms with van der Waals surface area (Å²) in [6.07, 6.45) is 1.86. The summed E-state index contributed by atoms with van der Waals surface area (Å²) in [5.74, 6) is 1.19. The summed E-state index contributed by atoms with van der Waals surface area (Å²) in [4.78, 5) is 36.1. The van der Waals surface area contributed by atoms with Gasteiger partial charge in [0.1, 0.15) is 11.7 Å². The molecule has 1 aliphatic rings. The molecule has 1 aliphatic heterocycles. The first-order chi connectivity index (χ1) is 15.5. The van der Waals surface area contributed by atoms with Crippen molar-refractivity contribution in [2.45, 2.75) is 12.8 Å². The number of hydrogen-bond acceptors (Lipinski definition) is 5. The van der Waals surface area contributed by atoms with Crippen LogP contribution in [0, 0.1) is 0 Å². The van der Waals surface area contributed by atoms with Gasteiger partial charge in [-0.3, -0.25) is 14.6 Å². The molecule has 2 heterocycles. The number of aliphatic imine (C=N–C) groups is 1. The van der Waals surface area contributed by atoms with Crippen LogP contribution in [0.3, 0.4) is 0 Å². The standard InChI is InChI=1S/C25H23ClN4O2/c1-30-13-12-27-25(30)18-8-6-17(7-9-18)22(31)14-19-4-2-3-5-20(19)15-24(32)29-23-11-10-21(26)16-28-23/h2-11,16H,12-15H2,1H3,(H,28,29,32). The predicted molar refractivity (Wildman–Crippen MR) is 127 cm³/mol. The zero-order valence-electron chi connectivity index (χ0n) is 17.7. The molecule has 1 aromatic heterocycles. The van der Waals surface area contributed by atoms with E-state index in [1.54, 1.807) is 12.1 Å². The number of hydrogen-bond donors (Lipinski definition) is 1. The van der Waals surface area contributed by atoms with Gasteiger partial charge in [-0.15, -0.1) is 0 Å². The maximum atomic E-state index is 12.9. The van der Waals surface area contributed by atoms with Crippen molar-refractivity contribution in [2.24, 2.45) is 4.99 Å². The largest absolute Gasteiger partial charge is 0.358 e. The lowest BCUT2D eigenvalue weighted by molar-refractivity contribution is -0.115. The zero-order chi connectivity index (χ0) is 22.5. The SMILES string of the molecule is CN1CCN=C1c1ccc(C(=O)Cc2ccccc2CC(=O)Nc2ccc(Cl)cn2)cc1. The lowest BCUT2D eigenvalue weighted by Gasteiger charge is -2.14. The number of ketones is 1. The quantitative estimate of drug-likeness (QED) is 0.556. The van der Waals surface area contributed by atoms with Crippen molar-refractivity contribution >= 4 is 34.9 Å². The van der Waals surface area contributed by atoms with Crippen molar-refractivity contribution in [1.29, 1.82) is 0 Å². The molecule has 7 heteroatoms. The van der Waals surface area contributed by atoms with Crippen molar-refractivity contribution < 1.29 is 9.59 Å². The number of benzene rings is 2. The third-order valence-electron chi connectivity index (χ3n) is 5.34. The second-order valence-corrected chi connectivity index (χ2v) is 8.10. The molecular weight excluding hydrogens is 424 g/mol. The molecule has 1 N–H and O–H groups in total. The Morgan fingerprint density at radius 2 is 1.72 bits per heavy atom. The third kappa shape index (κ3) is 5.21. The van der Waals surface area contributed by atoms with Gasteiger partial charge in [-0.1, -0.05) is 60.1 Å². The summed E-state index contributed by atoms with van der Waals surface area (Å²) in [6.45, 7) is 1.71. The van der Waals surface area contributed by atoms with Crippen LogP contribution in [0.25, 0.3) is 0 Å². The molecule has 0 unspecified atom stereocenters. The number of rotatable bonds is 7. The van der Waals surface area contributed by atoms with Gasteiger partial charge < -0.3 is 10.2 Å². The molecule has 32 heavy (non-hydrogen) atoms. The number of amides is 1. The minimum Gasteiger partial charge on any atom is -0.358 e. The molecule has 0 radical (unpaired) electrons. The van der Waals surface area contributed by atoms with Gasteiger partial charge in [0.05, 0.1) is 18.0 Å². The van der Waals surface area contributed by atoms with Gasteiger partial charge >= 0.3 is 0 Å². The number of carbonyl (C=O) groups is 2. The molecule has 0 saturated carbocycles. The van der Waals surface area contributed by atoms with E-state index in [2.05, 4.69) is 20.2 Å². The molecular formula is C25H23ClN4O2. The Labute approximate surface area is 192 Å². The van der Waals surface area contributed by atoms with Gasteiger partial charge in [-0.05, 0) is 23.3 Å². The number of nitrogens with zero attached hydrogens (tertiary/aromatic N) is 3. The van der Waals surface area contributed by atoms with Crippen LogP contribution in [0.15, 0.2) is 71.9 Å². The molecule has 1 amide bonds. The fraction of sp³-hybridized carbons (Fsp3) is 0.200. The number of halogens is 1. The van der Waals surface area contributed by atoms with Crippen LogP contribution >= 0.6 is 11.6 Å². The number of nitrogens with one attached hydrogen (secondary N) is 1. The summed E-state index contributed by atoms with van der Waals surface area (Å²) in [6, 6.07) is 18.4. The third-order valence-corrected chi connectivity index (χ3v) is 5.56. The molecule has 162 valence electrons. The highest BCUT2D eigenvalue weighted by Gasteiger charge is 2.16. The van der Waals surface area contributed by atoms with E-state index in [1.165, 1.54) is 6.20 Å². The Morgan fingerprint density at radius 1 is 1.00 bits per heavy atom. The van der Waals surface area contributed by atoms with E-state index in [0.29, 0.717) is 16.4 Å². The van der Waals surface area contributed by atoms with Gasteiger partial charge in [0.2, 0.25) is 5.91 Å². The minimum absolute atomic E-state index is 0.00508. The molecule has 0 aliphatic carbocycles. The van der Waals surface area contributed by atoms with Crippen LogP contribution in [-0.4, -0.2) is 47.5 Å². The fourth-order valence-corrected chi connectivity index (χ4v) is 3.75. The molecule has 6 nitrogen and oxygen atoms in total.